The van der Waals surface area contributed by atoms with Crippen LogP contribution in [-0.4, -0.2) is 225 Å². The van der Waals surface area contributed by atoms with E-state index in [0.717, 1.165) is 0 Å². The summed E-state index contributed by atoms with van der Waals surface area (Å²) in [5.41, 5.74) is -1.30. The van der Waals surface area contributed by atoms with Crippen LogP contribution in [0.1, 0.15) is 111 Å². The Morgan fingerprint density at radius 1 is 0.797 bits per heavy atom. The second-order valence-electron chi connectivity index (χ2n) is 21.1. The minimum absolute atomic E-state index is 0.00301. The zero-order valence-electron chi connectivity index (χ0n) is 47.5. The zero-order valence-corrected chi connectivity index (χ0v) is 47.5. The van der Waals surface area contributed by atoms with Gasteiger partial charge in [-0.15, -0.1) is 0 Å². The third kappa shape index (κ3) is 18.3. The van der Waals surface area contributed by atoms with Crippen molar-refractivity contribution in [2.45, 2.75) is 225 Å². The predicted octanol–water partition coefficient (Wildman–Crippen LogP) is 1.31. The van der Waals surface area contributed by atoms with E-state index >= 15 is 0 Å². The highest BCUT2D eigenvalue weighted by atomic mass is 16.7. The summed E-state index contributed by atoms with van der Waals surface area (Å²) in [6, 6.07) is 3.01. The molecule has 4 rings (SSSR count). The molecule has 2 aromatic rings. The highest BCUT2D eigenvalue weighted by Gasteiger charge is 2.48. The molecule has 10 N–H and O–H groups in total. The van der Waals surface area contributed by atoms with Gasteiger partial charge in [-0.3, -0.25) is 14.4 Å². The summed E-state index contributed by atoms with van der Waals surface area (Å²) in [7, 11) is 1.18. The molecule has 0 aromatic heterocycles. The first-order valence-corrected chi connectivity index (χ1v) is 26.4. The van der Waals surface area contributed by atoms with Crippen LogP contribution in [0.4, 0.5) is 0 Å². The fraction of sp³-hybridized carbons (Fsp3) is 0.759. The van der Waals surface area contributed by atoms with Gasteiger partial charge in [-0.25, -0.2) is 0 Å². The van der Waals surface area contributed by atoms with E-state index < -0.39 is 157 Å². The van der Waals surface area contributed by atoms with Gasteiger partial charge >= 0.3 is 5.97 Å². The van der Waals surface area contributed by atoms with E-state index in [4.69, 9.17) is 56.8 Å². The first-order chi connectivity index (χ1) is 36.8. The quantitative estimate of drug-likeness (QED) is 0.0280. The van der Waals surface area contributed by atoms with Crippen LogP contribution in [0.15, 0.2) is 12.1 Å². The lowest BCUT2D eigenvalue weighted by Gasteiger charge is -2.38. The van der Waals surface area contributed by atoms with Gasteiger partial charge in [0, 0.05) is 31.9 Å². The molecule has 2 aliphatic rings. The van der Waals surface area contributed by atoms with Crippen LogP contribution in [0.2, 0.25) is 0 Å². The number of carbonyl (C=O) groups is 3. The van der Waals surface area contributed by atoms with Crippen LogP contribution in [0.5, 0.6) is 17.2 Å². The van der Waals surface area contributed by atoms with Crippen molar-refractivity contribution >= 4 is 28.3 Å². The Morgan fingerprint density at radius 2 is 1.38 bits per heavy atom. The number of rotatable bonds is 32. The van der Waals surface area contributed by atoms with Crippen molar-refractivity contribution in [2.75, 3.05) is 33.7 Å². The number of aromatic hydroxyl groups is 2. The number of phenols is 2. The number of aliphatic hydroxyl groups is 8. The van der Waals surface area contributed by atoms with Crippen LogP contribution < -0.4 is 4.74 Å². The van der Waals surface area contributed by atoms with E-state index in [9.17, 15) is 65.4 Å². The predicted molar refractivity (Wildman–Crippen MR) is 277 cm³/mol. The van der Waals surface area contributed by atoms with Crippen LogP contribution in [0.25, 0.3) is 10.8 Å². The van der Waals surface area contributed by atoms with Crippen molar-refractivity contribution in [1.82, 2.24) is 0 Å². The Bertz CT molecular complexity index is 2260. The molecular weight excluding hydrogens is 1050 g/mol. The zero-order chi connectivity index (χ0) is 59.5. The largest absolute Gasteiger partial charge is 0.507 e. The highest BCUT2D eigenvalue weighted by molar-refractivity contribution is 6.11. The molecule has 0 amide bonds. The van der Waals surface area contributed by atoms with E-state index in [1.807, 2.05) is 0 Å². The lowest BCUT2D eigenvalue weighted by molar-refractivity contribution is -0.256. The third-order valence-corrected chi connectivity index (χ3v) is 13.9. The molecule has 79 heavy (non-hydrogen) atoms. The molecule has 452 valence electrons. The van der Waals surface area contributed by atoms with Gasteiger partial charge in [-0.05, 0) is 113 Å². The Kier molecular flexibility index (Phi) is 25.7. The molecule has 25 heteroatoms. The van der Waals surface area contributed by atoms with Gasteiger partial charge in [0.15, 0.2) is 42.8 Å². The standard InChI is InChI=1S/C54H86O25/c1-23-41(78-32(10)74-27(5)40(60)21-71-42-18-37(57)47(63)28(6)76-42)17-35-15-34-16-36(51(68-14)50(66)46(62)24(2)55)52(49(65)44(34)48(64)43(35)45(23)61)79-33(11)75-26(4)39(59)20-70-31(9)73-25(3)38(58)19-69-22-72-29(7)53(54(12,13)67)77-30(8)56/h15,17,24-29,31-33,36-40,42,46-47,51-53,55,57-64,67H,16,18-22H2,1-14H3/t24-,25?,26?,27?,28?,29?,31?,32?,33?,36+,37?,38-,39+,40+,42-,46+,47-,51+,52+,53-/m1/s1. The summed E-state index contributed by atoms with van der Waals surface area (Å²) in [6.07, 6.45) is -21.9. The minimum atomic E-state index is -1.93. The highest BCUT2D eigenvalue weighted by Crippen LogP contribution is 2.47. The van der Waals surface area contributed by atoms with E-state index in [2.05, 4.69) is 0 Å². The number of methoxy groups -OCH3 is 1. The number of ether oxygens (including phenoxy) is 12. The van der Waals surface area contributed by atoms with Crippen LogP contribution in [0, 0.1) is 12.8 Å². The Morgan fingerprint density at radius 3 is 1.95 bits per heavy atom. The molecule has 0 saturated carbocycles. The second-order valence-corrected chi connectivity index (χ2v) is 21.1. The number of phenolic OH excluding ortho intramolecular Hbond substituents is 2. The van der Waals surface area contributed by atoms with Gasteiger partial charge in [0.2, 0.25) is 0 Å². The number of hydrogen-bond acceptors (Lipinski definition) is 25. The van der Waals surface area contributed by atoms with Crippen LogP contribution >= 0.6 is 0 Å². The summed E-state index contributed by atoms with van der Waals surface area (Å²) in [4.78, 5) is 39.9. The topological polar surface area (TPSA) is 364 Å². The Labute approximate surface area is 460 Å². The molecule has 1 aliphatic heterocycles. The molecule has 0 spiro atoms. The normalized spacial score (nSPS) is 25.4. The van der Waals surface area contributed by atoms with Gasteiger partial charge in [-0.2, -0.15) is 0 Å². The molecule has 1 aliphatic carbocycles. The molecule has 1 heterocycles. The number of Topliss-reactive ketones (excluding diaryl/α,β-unsaturated/α-hetero) is 2. The van der Waals surface area contributed by atoms with Crippen molar-refractivity contribution in [1.29, 1.82) is 0 Å². The van der Waals surface area contributed by atoms with E-state index in [0.29, 0.717) is 0 Å². The molecule has 25 nitrogen and oxygen atoms in total. The van der Waals surface area contributed by atoms with E-state index in [1.165, 1.54) is 74.6 Å². The van der Waals surface area contributed by atoms with E-state index in [1.54, 1.807) is 34.6 Å². The smallest absolute Gasteiger partial charge is 0.303 e. The van der Waals surface area contributed by atoms with Crippen LogP contribution in [0.3, 0.4) is 0 Å². The second kappa shape index (κ2) is 30.0. The van der Waals surface area contributed by atoms with Gasteiger partial charge in [-0.1, -0.05) is 0 Å². The third-order valence-electron chi connectivity index (χ3n) is 13.9. The maximum atomic E-state index is 14.7. The number of aliphatic hydroxyl groups excluding tert-OH is 7. The minimum Gasteiger partial charge on any atom is -0.507 e. The SMILES string of the molecule is CO[C@H](C(=O)[C@@H](O)[C@@H](C)O)[C@@H]1Cc2cc3cc(OC(C)OC(C)[C@@H](O)CO[C@H]4CC(O)[C@H](O)C(C)O4)c(C)c(O)c3c(O)c2C(=O)[C@H]1OC(C)OC(C)[C@@H](O)COC(C)OC(C)[C@H](O)COCOC(C)[C@@H](OC(C)=O)C(C)(C)O. The molecule has 9 unspecified atom stereocenters. The molecule has 0 radical (unpaired) electrons. The van der Waals surface area contributed by atoms with Crippen molar-refractivity contribution in [3.8, 4) is 17.2 Å². The summed E-state index contributed by atoms with van der Waals surface area (Å²) in [6.45, 7) is 18.1. The van der Waals surface area contributed by atoms with Gasteiger partial charge in [0.05, 0.1) is 79.1 Å². The van der Waals surface area contributed by atoms with Crippen molar-refractivity contribution in [2.24, 2.45) is 5.92 Å². The molecule has 20 atom stereocenters. The number of ketones is 2. The van der Waals surface area contributed by atoms with Gasteiger partial charge in [0.1, 0.15) is 66.8 Å². The average molecular weight is 1140 g/mol. The molecular formula is C54H86O25. The summed E-state index contributed by atoms with van der Waals surface area (Å²) < 4.78 is 68.5. The monoisotopic (exact) mass is 1130 g/mol. The first-order valence-electron chi connectivity index (χ1n) is 26.4. The molecule has 1 fully saturated rings. The Hall–Kier alpha value is -3.81. The number of benzene rings is 2. The molecule has 1 saturated heterocycles. The van der Waals surface area contributed by atoms with Gasteiger partial charge in [0.25, 0.3) is 0 Å². The van der Waals surface area contributed by atoms with Crippen molar-refractivity contribution in [3.05, 3.63) is 28.8 Å². The summed E-state index contributed by atoms with van der Waals surface area (Å²) in [5.74, 6) is -4.56. The lowest BCUT2D eigenvalue weighted by Crippen LogP contribution is -2.52. The van der Waals surface area contributed by atoms with Crippen LogP contribution in [-0.2, 0) is 68.1 Å². The fourth-order valence-electron chi connectivity index (χ4n) is 9.30. The van der Waals surface area contributed by atoms with Crippen molar-refractivity contribution in [3.63, 3.8) is 0 Å². The molecule has 2 aromatic carbocycles. The number of esters is 1. The summed E-state index contributed by atoms with van der Waals surface area (Å²) >= 11 is 0. The maximum Gasteiger partial charge on any atom is 0.303 e. The van der Waals surface area contributed by atoms with Gasteiger partial charge < -0.3 is 108 Å². The fourth-order valence-corrected chi connectivity index (χ4v) is 9.30. The number of hydrogen-bond donors (Lipinski definition) is 10. The van der Waals surface area contributed by atoms with Crippen molar-refractivity contribution < 1.29 is 122 Å². The molecule has 0 bridgehead atoms. The van der Waals surface area contributed by atoms with E-state index in [-0.39, 0.29) is 72.7 Å². The maximum absolute atomic E-state index is 14.7. The Balaban J connectivity index is 1.43. The number of fused-ring (bicyclic) bond motifs is 2. The number of carbonyl (C=O) groups excluding carboxylic acids is 3. The summed E-state index contributed by atoms with van der Waals surface area (Å²) in [5, 5.41) is 107. The lowest BCUT2D eigenvalue weighted by atomic mass is 9.75. The average Bonchev–Trinajstić information content (AvgIpc) is 3.37. The first kappa shape index (κ1) is 67.7.